The van der Waals surface area contributed by atoms with Crippen LogP contribution in [0.25, 0.3) is 0 Å². The molecule has 0 aliphatic heterocycles. The van der Waals surface area contributed by atoms with Gasteiger partial charge in [-0.25, -0.2) is 14.5 Å². The summed E-state index contributed by atoms with van der Waals surface area (Å²) in [5, 5.41) is 15.5. The summed E-state index contributed by atoms with van der Waals surface area (Å²) in [6.07, 6.45) is 2.80. The summed E-state index contributed by atoms with van der Waals surface area (Å²) in [6, 6.07) is 3.85. The van der Waals surface area contributed by atoms with E-state index in [1.807, 2.05) is 0 Å². The average Bonchev–Trinajstić information content (AvgIpc) is 2.93. The molecule has 2 rings (SSSR count). The van der Waals surface area contributed by atoms with Gasteiger partial charge in [0.15, 0.2) is 0 Å². The van der Waals surface area contributed by atoms with Crippen molar-refractivity contribution in [3.05, 3.63) is 40.9 Å². The second-order valence-corrected chi connectivity index (χ2v) is 4.89. The van der Waals surface area contributed by atoms with Crippen molar-refractivity contribution in [3.8, 4) is 0 Å². The number of anilines is 1. The second-order valence-electron chi connectivity index (χ2n) is 4.04. The topological polar surface area (TPSA) is 97.1 Å². The zero-order valence-corrected chi connectivity index (χ0v) is 12.0. The maximum Gasteiger partial charge on any atom is 0.335 e. The van der Waals surface area contributed by atoms with Crippen molar-refractivity contribution in [1.29, 1.82) is 0 Å². The van der Waals surface area contributed by atoms with Crippen LogP contribution in [0, 0.1) is 0 Å². The van der Waals surface area contributed by atoms with Crippen LogP contribution >= 0.6 is 15.9 Å². The van der Waals surface area contributed by atoms with Crippen molar-refractivity contribution in [2.45, 2.75) is 13.0 Å². The Hall–Kier alpha value is -2.22. The molecule has 2 N–H and O–H groups in total. The van der Waals surface area contributed by atoms with Gasteiger partial charge in [-0.3, -0.25) is 4.79 Å². The van der Waals surface area contributed by atoms with Crippen molar-refractivity contribution in [2.24, 2.45) is 0 Å². The lowest BCUT2D eigenvalue weighted by Crippen LogP contribution is -2.24. The zero-order valence-electron chi connectivity index (χ0n) is 10.4. The number of nitrogens with one attached hydrogen (secondary N) is 1. The molecular weight excluding hydrogens is 328 g/mol. The third kappa shape index (κ3) is 3.02. The first-order chi connectivity index (χ1) is 9.49. The maximum atomic E-state index is 12.0. The molecule has 1 heterocycles. The lowest BCUT2D eigenvalue weighted by atomic mass is 10.2. The molecule has 0 bridgehead atoms. The van der Waals surface area contributed by atoms with Crippen molar-refractivity contribution < 1.29 is 14.7 Å². The molecule has 20 heavy (non-hydrogen) atoms. The monoisotopic (exact) mass is 338 g/mol. The molecule has 1 aromatic heterocycles. The van der Waals surface area contributed by atoms with Gasteiger partial charge in [0.1, 0.15) is 18.7 Å². The van der Waals surface area contributed by atoms with Gasteiger partial charge in [-0.1, -0.05) is 0 Å². The number of halogens is 1. The van der Waals surface area contributed by atoms with Crippen LogP contribution in [-0.2, 0) is 4.79 Å². The first-order valence-electron chi connectivity index (χ1n) is 5.67. The van der Waals surface area contributed by atoms with Crippen LogP contribution in [0.4, 0.5) is 5.69 Å². The Kier molecular flexibility index (Phi) is 4.14. The fourth-order valence-corrected chi connectivity index (χ4v) is 2.00. The smallest absolute Gasteiger partial charge is 0.335 e. The highest BCUT2D eigenvalue weighted by Crippen LogP contribution is 2.24. The first kappa shape index (κ1) is 14.2. The van der Waals surface area contributed by atoms with E-state index >= 15 is 0 Å². The highest BCUT2D eigenvalue weighted by Gasteiger charge is 2.17. The van der Waals surface area contributed by atoms with Crippen LogP contribution in [0.3, 0.4) is 0 Å². The minimum Gasteiger partial charge on any atom is -0.478 e. The Balaban J connectivity index is 2.14. The Bertz CT molecular complexity index is 642. The van der Waals surface area contributed by atoms with Crippen LogP contribution in [0.15, 0.2) is 35.3 Å². The van der Waals surface area contributed by atoms with E-state index in [9.17, 15) is 9.59 Å². The molecule has 8 heteroatoms. The molecule has 0 spiro atoms. The number of carbonyl (C=O) groups excluding carboxylic acids is 1. The summed E-state index contributed by atoms with van der Waals surface area (Å²) in [7, 11) is 0. The molecule has 0 radical (unpaired) electrons. The Morgan fingerprint density at radius 2 is 2.20 bits per heavy atom. The van der Waals surface area contributed by atoms with E-state index in [-0.39, 0.29) is 11.5 Å². The predicted molar refractivity (Wildman–Crippen MR) is 74.5 cm³/mol. The van der Waals surface area contributed by atoms with Crippen LogP contribution in [0.2, 0.25) is 0 Å². The molecule has 1 amide bonds. The molecule has 1 aromatic carbocycles. The predicted octanol–water partition coefficient (Wildman–Crippen LogP) is 1.94. The highest BCUT2D eigenvalue weighted by molar-refractivity contribution is 9.10. The first-order valence-corrected chi connectivity index (χ1v) is 6.46. The van der Waals surface area contributed by atoms with Crippen LogP contribution in [-0.4, -0.2) is 31.7 Å². The lowest BCUT2D eigenvalue weighted by Gasteiger charge is -2.13. The van der Waals surface area contributed by atoms with Gasteiger partial charge in [0.25, 0.3) is 0 Å². The van der Waals surface area contributed by atoms with Crippen molar-refractivity contribution in [2.75, 3.05) is 5.32 Å². The lowest BCUT2D eigenvalue weighted by molar-refractivity contribution is -0.119. The van der Waals surface area contributed by atoms with E-state index in [1.54, 1.807) is 6.92 Å². The minimum absolute atomic E-state index is 0.138. The van der Waals surface area contributed by atoms with E-state index in [0.29, 0.717) is 10.2 Å². The number of amides is 1. The van der Waals surface area contributed by atoms with E-state index in [4.69, 9.17) is 5.11 Å². The summed E-state index contributed by atoms with van der Waals surface area (Å²) >= 11 is 3.23. The van der Waals surface area contributed by atoms with Crippen LogP contribution in [0.5, 0.6) is 0 Å². The van der Waals surface area contributed by atoms with E-state index in [0.717, 1.165) is 0 Å². The van der Waals surface area contributed by atoms with Crippen molar-refractivity contribution in [1.82, 2.24) is 14.8 Å². The third-order valence-corrected chi connectivity index (χ3v) is 3.34. The molecule has 0 saturated carbocycles. The van der Waals surface area contributed by atoms with Gasteiger partial charge in [0, 0.05) is 4.47 Å². The third-order valence-electron chi connectivity index (χ3n) is 2.69. The highest BCUT2D eigenvalue weighted by atomic mass is 79.9. The molecule has 7 nitrogen and oxygen atoms in total. The standard InChI is InChI=1S/C12H11BrN4O3/c1-7(17-6-14-5-15-17)11(18)16-10-3-2-8(12(19)20)4-9(10)13/h2-7H,1H3,(H,16,18)(H,19,20). The normalized spacial score (nSPS) is 11.9. The number of aromatic nitrogens is 3. The van der Waals surface area contributed by atoms with Crippen molar-refractivity contribution >= 4 is 33.5 Å². The molecule has 1 atom stereocenters. The molecule has 0 saturated heterocycles. The number of benzene rings is 1. The second kappa shape index (κ2) is 5.83. The Labute approximate surface area is 122 Å². The number of nitrogens with zero attached hydrogens (tertiary/aromatic N) is 3. The summed E-state index contributed by atoms with van der Waals surface area (Å²) in [4.78, 5) is 26.6. The summed E-state index contributed by atoms with van der Waals surface area (Å²) in [6.45, 7) is 1.68. The summed E-state index contributed by atoms with van der Waals surface area (Å²) < 4.78 is 1.92. The number of rotatable bonds is 4. The van der Waals surface area contributed by atoms with E-state index < -0.39 is 12.0 Å². The molecule has 1 unspecified atom stereocenters. The molecule has 2 aromatic rings. The molecule has 104 valence electrons. The Morgan fingerprint density at radius 3 is 2.75 bits per heavy atom. The minimum atomic E-state index is -1.03. The van der Waals surface area contributed by atoms with Crippen LogP contribution in [0.1, 0.15) is 23.3 Å². The van der Waals surface area contributed by atoms with E-state index in [1.165, 1.54) is 35.5 Å². The molecule has 0 aliphatic rings. The number of hydrogen-bond acceptors (Lipinski definition) is 4. The zero-order chi connectivity index (χ0) is 14.7. The van der Waals surface area contributed by atoms with E-state index in [2.05, 4.69) is 31.3 Å². The number of hydrogen-bond donors (Lipinski definition) is 2. The fraction of sp³-hybridized carbons (Fsp3) is 0.167. The Morgan fingerprint density at radius 1 is 1.45 bits per heavy atom. The van der Waals surface area contributed by atoms with Gasteiger partial charge >= 0.3 is 5.97 Å². The largest absolute Gasteiger partial charge is 0.478 e. The number of carbonyl (C=O) groups is 2. The van der Waals surface area contributed by atoms with Crippen molar-refractivity contribution in [3.63, 3.8) is 0 Å². The maximum absolute atomic E-state index is 12.0. The number of carboxylic acid groups (broad SMARTS) is 1. The number of carboxylic acids is 1. The fourth-order valence-electron chi connectivity index (χ4n) is 1.52. The molecular formula is C12H11BrN4O3. The van der Waals surface area contributed by atoms with Gasteiger partial charge in [-0.2, -0.15) is 5.10 Å². The number of aromatic carboxylic acids is 1. The van der Waals surface area contributed by atoms with Gasteiger partial charge in [0.2, 0.25) is 5.91 Å². The quantitative estimate of drug-likeness (QED) is 0.887. The van der Waals surface area contributed by atoms with Gasteiger partial charge in [0.05, 0.1) is 11.3 Å². The van der Waals surface area contributed by atoms with Gasteiger partial charge < -0.3 is 10.4 Å². The molecule has 0 aliphatic carbocycles. The van der Waals surface area contributed by atoms with Gasteiger partial charge in [-0.15, -0.1) is 0 Å². The van der Waals surface area contributed by atoms with Crippen LogP contribution < -0.4 is 5.32 Å². The molecule has 0 fully saturated rings. The summed E-state index contributed by atoms with van der Waals surface area (Å²) in [5.74, 6) is -1.31. The average molecular weight is 339 g/mol. The van der Waals surface area contributed by atoms with Gasteiger partial charge in [-0.05, 0) is 41.1 Å². The SMILES string of the molecule is CC(C(=O)Nc1ccc(C(=O)O)cc1Br)n1cncn1. The summed E-state index contributed by atoms with van der Waals surface area (Å²) in [5.41, 5.74) is 0.631.